The van der Waals surface area contributed by atoms with Crippen LogP contribution in [-0.4, -0.2) is 41.7 Å². The van der Waals surface area contributed by atoms with E-state index in [1.807, 2.05) is 33.8 Å². The van der Waals surface area contributed by atoms with Crippen molar-refractivity contribution in [1.82, 2.24) is 9.66 Å². The van der Waals surface area contributed by atoms with Gasteiger partial charge in [0, 0.05) is 19.9 Å². The van der Waals surface area contributed by atoms with Gasteiger partial charge in [-0.05, 0) is 54.0 Å². The molecule has 1 aromatic heterocycles. The van der Waals surface area contributed by atoms with Crippen LogP contribution in [0.3, 0.4) is 0 Å². The Bertz CT molecular complexity index is 1380. The average molecular weight is 644 g/mol. The van der Waals surface area contributed by atoms with Gasteiger partial charge in [-0.25, -0.2) is 9.78 Å². The van der Waals surface area contributed by atoms with Crippen molar-refractivity contribution >= 4 is 66.5 Å². The topological polar surface area (TPSA) is 92.0 Å². The molecule has 36 heavy (non-hydrogen) atoms. The zero-order valence-electron chi connectivity index (χ0n) is 20.5. The maximum atomic E-state index is 13.4. The summed E-state index contributed by atoms with van der Waals surface area (Å²) in [4.78, 5) is 29.9. The van der Waals surface area contributed by atoms with Crippen molar-refractivity contribution in [2.45, 2.75) is 40.0 Å². The Labute approximate surface area is 230 Å². The third kappa shape index (κ3) is 6.27. The van der Waals surface area contributed by atoms with Crippen molar-refractivity contribution in [3.05, 3.63) is 60.0 Å². The van der Waals surface area contributed by atoms with Crippen LogP contribution in [0.15, 0.2) is 43.1 Å². The third-order valence-corrected chi connectivity index (χ3v) is 6.82. The number of esters is 1. The number of halogens is 3. The predicted octanol–water partition coefficient (Wildman–Crippen LogP) is 6.10. The van der Waals surface area contributed by atoms with E-state index in [0.717, 1.165) is 4.47 Å². The second-order valence-corrected chi connectivity index (χ2v) is 10.7. The molecule has 0 aliphatic heterocycles. The van der Waals surface area contributed by atoms with Gasteiger partial charge in [-0.1, -0.05) is 48.3 Å². The van der Waals surface area contributed by atoms with E-state index in [4.69, 9.17) is 30.8 Å². The van der Waals surface area contributed by atoms with Crippen molar-refractivity contribution in [1.29, 1.82) is 0 Å². The zero-order chi connectivity index (χ0) is 26.6. The van der Waals surface area contributed by atoms with Gasteiger partial charge < -0.3 is 14.2 Å². The first-order chi connectivity index (χ1) is 17.0. The first-order valence-electron chi connectivity index (χ1n) is 11.2. The van der Waals surface area contributed by atoms with Crippen LogP contribution in [0.1, 0.15) is 46.0 Å². The van der Waals surface area contributed by atoms with Crippen LogP contribution in [0, 0.1) is 0 Å². The predicted molar refractivity (Wildman–Crippen MR) is 148 cm³/mol. The van der Waals surface area contributed by atoms with Crippen LogP contribution in [-0.2, 0) is 14.9 Å². The number of hydrogen-bond acceptors (Lipinski definition) is 7. The maximum Gasteiger partial charge on any atom is 0.344 e. The molecular formula is C25H26Br2ClN3O5. The van der Waals surface area contributed by atoms with Gasteiger partial charge in [0.15, 0.2) is 18.1 Å². The van der Waals surface area contributed by atoms with E-state index >= 15 is 0 Å². The van der Waals surface area contributed by atoms with Gasteiger partial charge >= 0.3 is 5.97 Å². The molecule has 0 fully saturated rings. The highest BCUT2D eigenvalue weighted by Crippen LogP contribution is 2.42. The molecule has 0 aliphatic rings. The standard InChI is InChI=1S/C25H26Br2ClN3O5/c1-6-34-18-10-14(20(27)21(28)22(18)36-13-19(32)35-7-2)12-29-31-23(33)16-11-15(26)8-9-17(16)30-24(31)25(3,4)5/h8-12H,6-7,13H2,1-5H3. The molecule has 192 valence electrons. The number of benzene rings is 2. The molecule has 11 heteroatoms. The van der Waals surface area contributed by atoms with Gasteiger partial charge in [0.2, 0.25) is 0 Å². The van der Waals surface area contributed by atoms with Gasteiger partial charge in [-0.2, -0.15) is 9.78 Å². The van der Waals surface area contributed by atoms with Crippen molar-refractivity contribution in [2.75, 3.05) is 19.8 Å². The van der Waals surface area contributed by atoms with Crippen LogP contribution in [0.25, 0.3) is 10.9 Å². The zero-order valence-corrected chi connectivity index (χ0v) is 24.5. The second-order valence-electron chi connectivity index (χ2n) is 8.66. The number of rotatable bonds is 8. The molecule has 0 radical (unpaired) electrons. The Morgan fingerprint density at radius 1 is 1.17 bits per heavy atom. The minimum atomic E-state index is -0.526. The Morgan fingerprint density at radius 3 is 2.53 bits per heavy atom. The first-order valence-corrected chi connectivity index (χ1v) is 13.1. The van der Waals surface area contributed by atoms with Gasteiger partial charge in [-0.3, -0.25) is 4.79 Å². The Balaban J connectivity index is 2.12. The van der Waals surface area contributed by atoms with E-state index in [0.29, 0.717) is 39.1 Å². The van der Waals surface area contributed by atoms with Crippen molar-refractivity contribution < 1.29 is 19.0 Å². The number of fused-ring (bicyclic) bond motifs is 1. The lowest BCUT2D eigenvalue weighted by molar-refractivity contribution is -0.145. The number of nitrogens with zero attached hydrogens (tertiary/aromatic N) is 3. The lowest BCUT2D eigenvalue weighted by atomic mass is 9.95. The molecule has 0 saturated heterocycles. The molecular weight excluding hydrogens is 618 g/mol. The average Bonchev–Trinajstić information content (AvgIpc) is 2.81. The van der Waals surface area contributed by atoms with E-state index in [2.05, 4.69) is 37.0 Å². The van der Waals surface area contributed by atoms with Crippen molar-refractivity contribution in [2.24, 2.45) is 5.10 Å². The van der Waals surface area contributed by atoms with E-state index in [1.165, 1.54) is 10.9 Å². The molecule has 0 amide bonds. The number of hydrogen-bond donors (Lipinski definition) is 0. The van der Waals surface area contributed by atoms with Gasteiger partial charge in [-0.15, -0.1) is 0 Å². The first kappa shape index (κ1) is 28.1. The number of carbonyl (C=O) groups is 1. The smallest absolute Gasteiger partial charge is 0.344 e. The SMILES string of the molecule is CCOC(=O)COc1c(OCC)cc(C=Nn2c(C(C)(C)C)nc3ccc(Br)cc3c2=O)c(Br)c1Cl. The summed E-state index contributed by atoms with van der Waals surface area (Å²) in [7, 11) is 0. The van der Waals surface area contributed by atoms with Crippen LogP contribution in [0.2, 0.25) is 5.02 Å². The third-order valence-electron chi connectivity index (χ3n) is 4.89. The molecule has 0 atom stereocenters. The Morgan fingerprint density at radius 2 is 1.89 bits per heavy atom. The summed E-state index contributed by atoms with van der Waals surface area (Å²) in [5.74, 6) is 0.489. The molecule has 0 saturated carbocycles. The molecule has 8 nitrogen and oxygen atoms in total. The summed E-state index contributed by atoms with van der Waals surface area (Å²) in [6.07, 6.45) is 1.50. The lowest BCUT2D eigenvalue weighted by Crippen LogP contribution is -2.29. The van der Waals surface area contributed by atoms with E-state index in [1.54, 1.807) is 25.1 Å². The van der Waals surface area contributed by atoms with E-state index < -0.39 is 11.4 Å². The van der Waals surface area contributed by atoms with Crippen LogP contribution >= 0.6 is 43.5 Å². The number of ether oxygens (including phenoxy) is 3. The van der Waals surface area contributed by atoms with E-state index in [-0.39, 0.29) is 29.5 Å². The minimum Gasteiger partial charge on any atom is -0.490 e. The summed E-state index contributed by atoms with van der Waals surface area (Å²) in [5.41, 5.74) is 0.358. The van der Waals surface area contributed by atoms with Crippen LogP contribution < -0.4 is 15.0 Å². The fourth-order valence-electron chi connectivity index (χ4n) is 3.29. The summed E-state index contributed by atoms with van der Waals surface area (Å²) >= 11 is 13.4. The summed E-state index contributed by atoms with van der Waals surface area (Å²) < 4.78 is 18.7. The largest absolute Gasteiger partial charge is 0.490 e. The van der Waals surface area contributed by atoms with Gasteiger partial charge in [0.05, 0.1) is 30.3 Å². The molecule has 0 spiro atoms. The fourth-order valence-corrected chi connectivity index (χ4v) is 4.31. The molecule has 0 N–H and O–H groups in total. The molecule has 3 aromatic rings. The van der Waals surface area contributed by atoms with Crippen molar-refractivity contribution in [3.63, 3.8) is 0 Å². The summed E-state index contributed by atoms with van der Waals surface area (Å²) in [6.45, 7) is 9.65. The highest BCUT2D eigenvalue weighted by Gasteiger charge is 2.23. The Kier molecular flexibility index (Phi) is 9.18. The molecule has 1 heterocycles. The lowest BCUT2D eigenvalue weighted by Gasteiger charge is -2.21. The molecule has 3 rings (SSSR count). The monoisotopic (exact) mass is 641 g/mol. The molecule has 0 unspecified atom stereocenters. The highest BCUT2D eigenvalue weighted by molar-refractivity contribution is 9.10. The Hall–Kier alpha value is -2.43. The number of carbonyl (C=O) groups excluding carboxylic acids is 1. The van der Waals surface area contributed by atoms with Gasteiger partial charge in [0.1, 0.15) is 10.8 Å². The number of aromatic nitrogens is 2. The molecule has 0 bridgehead atoms. The van der Waals surface area contributed by atoms with Crippen LogP contribution in [0.5, 0.6) is 11.5 Å². The summed E-state index contributed by atoms with van der Waals surface area (Å²) in [6, 6.07) is 7.02. The summed E-state index contributed by atoms with van der Waals surface area (Å²) in [5, 5.41) is 5.12. The van der Waals surface area contributed by atoms with E-state index in [9.17, 15) is 9.59 Å². The van der Waals surface area contributed by atoms with Crippen molar-refractivity contribution in [3.8, 4) is 11.5 Å². The van der Waals surface area contributed by atoms with Crippen LogP contribution in [0.4, 0.5) is 0 Å². The van der Waals surface area contributed by atoms with Gasteiger partial charge in [0.25, 0.3) is 5.56 Å². The maximum absolute atomic E-state index is 13.4. The fraction of sp³-hybridized carbons (Fsp3) is 0.360. The minimum absolute atomic E-state index is 0.190. The highest BCUT2D eigenvalue weighted by atomic mass is 79.9. The quantitative estimate of drug-likeness (QED) is 0.218. The second kappa shape index (κ2) is 11.7. The normalized spacial score (nSPS) is 11.8. The molecule has 0 aliphatic carbocycles. The molecule has 2 aromatic carbocycles.